The zero-order chi connectivity index (χ0) is 14.2. The number of hydrogen-bond acceptors (Lipinski definition) is 2. The molecule has 2 nitrogen and oxygen atoms in total. The smallest absolute Gasteiger partial charge is 0.0309 e. The van der Waals surface area contributed by atoms with E-state index in [1.54, 1.807) is 0 Å². The average Bonchev–Trinajstić information content (AvgIpc) is 2.80. The van der Waals surface area contributed by atoms with Crippen molar-refractivity contribution in [1.82, 2.24) is 10.2 Å². The van der Waals surface area contributed by atoms with E-state index >= 15 is 0 Å². The molecule has 0 radical (unpaired) electrons. The van der Waals surface area contributed by atoms with Crippen LogP contribution in [0.4, 0.5) is 0 Å². The summed E-state index contributed by atoms with van der Waals surface area (Å²) in [5, 5.41) is 3.97. The van der Waals surface area contributed by atoms with Crippen molar-refractivity contribution in [2.75, 3.05) is 13.1 Å². The van der Waals surface area contributed by atoms with Gasteiger partial charge in [-0.05, 0) is 43.9 Å². The first-order chi connectivity index (χ1) is 9.54. The molecule has 2 unspecified atom stereocenters. The highest BCUT2D eigenvalue weighted by Crippen LogP contribution is 2.42. The highest BCUT2D eigenvalue weighted by atomic mass is 15.3. The molecule has 3 aliphatic rings. The van der Waals surface area contributed by atoms with Gasteiger partial charge in [0.05, 0.1) is 0 Å². The molecule has 1 heterocycles. The minimum absolute atomic E-state index is 0.469. The van der Waals surface area contributed by atoms with Crippen molar-refractivity contribution in [1.29, 1.82) is 0 Å². The molecule has 3 fully saturated rings. The largest absolute Gasteiger partial charge is 0.308 e. The minimum Gasteiger partial charge on any atom is -0.308 e. The van der Waals surface area contributed by atoms with Gasteiger partial charge in [-0.25, -0.2) is 0 Å². The summed E-state index contributed by atoms with van der Waals surface area (Å²) < 4.78 is 0. The van der Waals surface area contributed by atoms with Gasteiger partial charge in [-0.15, -0.1) is 0 Å². The van der Waals surface area contributed by atoms with Crippen molar-refractivity contribution < 1.29 is 0 Å². The Kier molecular flexibility index (Phi) is 4.16. The molecule has 116 valence electrons. The minimum atomic E-state index is 0.469. The van der Waals surface area contributed by atoms with Gasteiger partial charge < -0.3 is 5.32 Å². The lowest BCUT2D eigenvalue weighted by molar-refractivity contribution is 0.0213. The standard InChI is InChI=1S/C18H34N2/c1-4-15-13-19-18(9-6-5-7-10-18)14-20(15)16-8-11-17(2,3)12-16/h15-16,19H,4-14H2,1-3H3. The van der Waals surface area contributed by atoms with Crippen molar-refractivity contribution in [3.05, 3.63) is 0 Å². The second-order valence-electron chi connectivity index (χ2n) is 8.52. The predicted molar refractivity (Wildman–Crippen MR) is 86.0 cm³/mol. The predicted octanol–water partition coefficient (Wildman–Crippen LogP) is 3.95. The molecule has 1 aliphatic heterocycles. The molecule has 0 aromatic heterocycles. The number of piperazine rings is 1. The number of hydrogen-bond donors (Lipinski definition) is 1. The van der Waals surface area contributed by atoms with E-state index in [0.29, 0.717) is 11.0 Å². The lowest BCUT2D eigenvalue weighted by Crippen LogP contribution is -2.66. The SMILES string of the molecule is CCC1CNC2(CCCCC2)CN1C1CCC(C)(C)C1. The molecule has 2 aliphatic carbocycles. The van der Waals surface area contributed by atoms with Gasteiger partial charge >= 0.3 is 0 Å². The molecule has 1 saturated heterocycles. The van der Waals surface area contributed by atoms with E-state index in [1.165, 1.54) is 70.9 Å². The Bertz CT molecular complexity index is 330. The Balaban J connectivity index is 1.72. The van der Waals surface area contributed by atoms with Gasteiger partial charge in [0.2, 0.25) is 0 Å². The van der Waals surface area contributed by atoms with Gasteiger partial charge in [-0.1, -0.05) is 40.0 Å². The summed E-state index contributed by atoms with van der Waals surface area (Å²) in [4.78, 5) is 2.93. The quantitative estimate of drug-likeness (QED) is 0.822. The van der Waals surface area contributed by atoms with Crippen molar-refractivity contribution in [2.24, 2.45) is 5.41 Å². The van der Waals surface area contributed by atoms with Crippen molar-refractivity contribution in [3.8, 4) is 0 Å². The second-order valence-corrected chi connectivity index (χ2v) is 8.52. The number of nitrogens with zero attached hydrogens (tertiary/aromatic N) is 1. The van der Waals surface area contributed by atoms with E-state index in [9.17, 15) is 0 Å². The lowest BCUT2D eigenvalue weighted by atomic mass is 9.78. The molecule has 2 atom stereocenters. The van der Waals surface area contributed by atoms with Crippen LogP contribution in [-0.4, -0.2) is 35.6 Å². The summed E-state index contributed by atoms with van der Waals surface area (Å²) >= 11 is 0. The molecule has 2 saturated carbocycles. The van der Waals surface area contributed by atoms with Crippen LogP contribution in [0.2, 0.25) is 0 Å². The van der Waals surface area contributed by atoms with E-state index in [2.05, 4.69) is 31.0 Å². The Morgan fingerprint density at radius 1 is 1.10 bits per heavy atom. The van der Waals surface area contributed by atoms with Crippen molar-refractivity contribution in [3.63, 3.8) is 0 Å². The normalized spacial score (nSPS) is 37.4. The zero-order valence-corrected chi connectivity index (χ0v) is 13.9. The van der Waals surface area contributed by atoms with E-state index in [1.807, 2.05) is 0 Å². The summed E-state index contributed by atoms with van der Waals surface area (Å²) in [5.41, 5.74) is 1.05. The molecule has 0 aromatic rings. The van der Waals surface area contributed by atoms with E-state index in [4.69, 9.17) is 0 Å². The van der Waals surface area contributed by atoms with Crippen LogP contribution in [0.25, 0.3) is 0 Å². The van der Waals surface area contributed by atoms with Crippen LogP contribution in [0.15, 0.2) is 0 Å². The van der Waals surface area contributed by atoms with Gasteiger partial charge in [0.1, 0.15) is 0 Å². The Hall–Kier alpha value is -0.0800. The average molecular weight is 278 g/mol. The molecular weight excluding hydrogens is 244 g/mol. The molecule has 2 heteroatoms. The second kappa shape index (κ2) is 5.61. The molecule has 1 N–H and O–H groups in total. The van der Waals surface area contributed by atoms with E-state index in [0.717, 1.165) is 12.1 Å². The molecule has 0 amide bonds. The first-order valence-electron chi connectivity index (χ1n) is 9.04. The van der Waals surface area contributed by atoms with Gasteiger partial charge in [0.15, 0.2) is 0 Å². The highest BCUT2D eigenvalue weighted by Gasteiger charge is 2.44. The van der Waals surface area contributed by atoms with Gasteiger partial charge in [0.25, 0.3) is 0 Å². The summed E-state index contributed by atoms with van der Waals surface area (Å²) in [5.74, 6) is 0. The third-order valence-corrected chi connectivity index (χ3v) is 6.36. The van der Waals surface area contributed by atoms with Gasteiger partial charge in [-0.3, -0.25) is 4.90 Å². The van der Waals surface area contributed by atoms with Crippen LogP contribution >= 0.6 is 0 Å². The summed E-state index contributed by atoms with van der Waals surface area (Å²) in [7, 11) is 0. The van der Waals surface area contributed by atoms with Crippen LogP contribution in [0, 0.1) is 5.41 Å². The molecule has 0 bridgehead atoms. The van der Waals surface area contributed by atoms with Crippen molar-refractivity contribution >= 4 is 0 Å². The fourth-order valence-electron chi connectivity index (χ4n) is 5.04. The monoisotopic (exact) mass is 278 g/mol. The van der Waals surface area contributed by atoms with Gasteiger partial charge in [-0.2, -0.15) is 0 Å². The van der Waals surface area contributed by atoms with Crippen LogP contribution in [-0.2, 0) is 0 Å². The maximum absolute atomic E-state index is 3.97. The first kappa shape index (κ1) is 14.8. The van der Waals surface area contributed by atoms with Gasteiger partial charge in [0, 0.05) is 30.7 Å². The fraction of sp³-hybridized carbons (Fsp3) is 1.00. The Morgan fingerprint density at radius 2 is 1.85 bits per heavy atom. The maximum Gasteiger partial charge on any atom is 0.0309 e. The lowest BCUT2D eigenvalue weighted by Gasteiger charge is -2.52. The Labute approximate surface area is 125 Å². The molecular formula is C18H34N2. The maximum atomic E-state index is 3.97. The van der Waals surface area contributed by atoms with E-state index < -0.39 is 0 Å². The molecule has 0 aromatic carbocycles. The fourth-order valence-corrected chi connectivity index (χ4v) is 5.04. The van der Waals surface area contributed by atoms with Crippen LogP contribution in [0.3, 0.4) is 0 Å². The third-order valence-electron chi connectivity index (χ3n) is 6.36. The molecule has 3 rings (SSSR count). The number of nitrogens with one attached hydrogen (secondary N) is 1. The van der Waals surface area contributed by atoms with Crippen LogP contribution in [0.1, 0.15) is 78.6 Å². The number of rotatable bonds is 2. The summed E-state index contributed by atoms with van der Waals surface area (Å²) in [6.07, 6.45) is 12.7. The topological polar surface area (TPSA) is 15.3 Å². The van der Waals surface area contributed by atoms with E-state index in [-0.39, 0.29) is 0 Å². The zero-order valence-electron chi connectivity index (χ0n) is 13.9. The molecule has 20 heavy (non-hydrogen) atoms. The van der Waals surface area contributed by atoms with Crippen LogP contribution in [0.5, 0.6) is 0 Å². The molecule has 1 spiro atoms. The van der Waals surface area contributed by atoms with Crippen molar-refractivity contribution in [2.45, 2.75) is 96.2 Å². The summed E-state index contributed by atoms with van der Waals surface area (Å²) in [6.45, 7) is 9.86. The van der Waals surface area contributed by atoms with Crippen LogP contribution < -0.4 is 5.32 Å². The Morgan fingerprint density at radius 3 is 2.45 bits per heavy atom. The third kappa shape index (κ3) is 2.92. The highest BCUT2D eigenvalue weighted by molar-refractivity contribution is 5.02. The summed E-state index contributed by atoms with van der Waals surface area (Å²) in [6, 6.07) is 1.64. The first-order valence-corrected chi connectivity index (χ1v) is 9.04.